The van der Waals surface area contributed by atoms with Gasteiger partial charge in [0.05, 0.1) is 25.4 Å². The molecule has 2 aromatic rings. The maximum absolute atomic E-state index is 10.4. The first-order chi connectivity index (χ1) is 11.1. The molecule has 0 saturated carbocycles. The number of aliphatic hydroxyl groups is 3. The van der Waals surface area contributed by atoms with Crippen molar-refractivity contribution in [2.24, 2.45) is 0 Å². The molecule has 0 aliphatic carbocycles. The second-order valence-corrected chi connectivity index (χ2v) is 5.77. The molecule has 0 amide bonds. The summed E-state index contributed by atoms with van der Waals surface area (Å²) in [5, 5.41) is 30.5. The highest BCUT2D eigenvalue weighted by Crippen LogP contribution is 2.15. The molecule has 2 atom stereocenters. The summed E-state index contributed by atoms with van der Waals surface area (Å²) in [5.41, 5.74) is 1.08. The van der Waals surface area contributed by atoms with Crippen LogP contribution in [0.5, 0.6) is 0 Å². The van der Waals surface area contributed by atoms with Crippen LogP contribution in [0.1, 0.15) is 0 Å². The predicted molar refractivity (Wildman–Crippen MR) is 89.4 cm³/mol. The Morgan fingerprint density at radius 2 is 1.87 bits per heavy atom. The quantitative estimate of drug-likeness (QED) is 0.587. The number of para-hydroxylation sites is 1. The SMILES string of the molecule is COC[C@H](O)CN(CCO)C[C@H](O)Cn1ccc2ccccc21. The summed E-state index contributed by atoms with van der Waals surface area (Å²) in [4.78, 5) is 1.85. The normalized spacial score (nSPS) is 14.5. The summed E-state index contributed by atoms with van der Waals surface area (Å²) in [7, 11) is 1.53. The van der Waals surface area contributed by atoms with Gasteiger partial charge in [-0.3, -0.25) is 4.90 Å². The number of aromatic nitrogens is 1. The molecule has 0 aliphatic heterocycles. The number of fused-ring (bicyclic) bond motifs is 1. The Morgan fingerprint density at radius 3 is 2.61 bits per heavy atom. The summed E-state index contributed by atoms with van der Waals surface area (Å²) in [6, 6.07) is 10.1. The first-order valence-corrected chi connectivity index (χ1v) is 7.86. The van der Waals surface area contributed by atoms with Gasteiger partial charge in [0.25, 0.3) is 0 Å². The molecule has 0 spiro atoms. The van der Waals surface area contributed by atoms with Gasteiger partial charge in [0, 0.05) is 45.0 Å². The van der Waals surface area contributed by atoms with Gasteiger partial charge in [0.2, 0.25) is 0 Å². The number of methoxy groups -OCH3 is 1. The molecule has 1 aromatic heterocycles. The summed E-state index contributed by atoms with van der Waals surface area (Å²) in [5.74, 6) is 0. The lowest BCUT2D eigenvalue weighted by molar-refractivity contribution is 0.0175. The molecule has 6 nitrogen and oxygen atoms in total. The van der Waals surface area contributed by atoms with E-state index in [1.165, 1.54) is 7.11 Å². The largest absolute Gasteiger partial charge is 0.395 e. The fraction of sp³-hybridized carbons (Fsp3) is 0.529. The zero-order valence-electron chi connectivity index (χ0n) is 13.5. The van der Waals surface area contributed by atoms with Crippen molar-refractivity contribution in [2.45, 2.75) is 18.8 Å². The van der Waals surface area contributed by atoms with Crippen molar-refractivity contribution in [3.05, 3.63) is 36.5 Å². The van der Waals surface area contributed by atoms with Gasteiger partial charge in [-0.05, 0) is 17.5 Å². The zero-order chi connectivity index (χ0) is 16.7. The van der Waals surface area contributed by atoms with Crippen molar-refractivity contribution in [1.29, 1.82) is 0 Å². The third-order valence-electron chi connectivity index (χ3n) is 3.80. The van der Waals surface area contributed by atoms with E-state index in [9.17, 15) is 10.2 Å². The van der Waals surface area contributed by atoms with E-state index in [1.807, 2.05) is 46.0 Å². The second kappa shape index (κ2) is 9.00. The molecule has 0 saturated heterocycles. The van der Waals surface area contributed by atoms with Crippen LogP contribution in [-0.4, -0.2) is 77.0 Å². The van der Waals surface area contributed by atoms with Gasteiger partial charge < -0.3 is 24.6 Å². The van der Waals surface area contributed by atoms with Crippen molar-refractivity contribution in [3.8, 4) is 0 Å². The van der Waals surface area contributed by atoms with E-state index >= 15 is 0 Å². The molecule has 0 fully saturated rings. The van der Waals surface area contributed by atoms with Crippen LogP contribution >= 0.6 is 0 Å². The lowest BCUT2D eigenvalue weighted by Crippen LogP contribution is -2.42. The molecule has 23 heavy (non-hydrogen) atoms. The molecular formula is C17H26N2O4. The minimum absolute atomic E-state index is 0.0150. The van der Waals surface area contributed by atoms with E-state index in [-0.39, 0.29) is 13.2 Å². The summed E-state index contributed by atoms with van der Waals surface area (Å²) < 4.78 is 6.93. The zero-order valence-corrected chi connectivity index (χ0v) is 13.5. The minimum Gasteiger partial charge on any atom is -0.395 e. The lowest BCUT2D eigenvalue weighted by atomic mass is 10.2. The highest BCUT2D eigenvalue weighted by Gasteiger charge is 2.16. The molecule has 128 valence electrons. The molecule has 1 heterocycles. The number of aliphatic hydroxyl groups excluding tert-OH is 3. The standard InChI is InChI=1S/C17H26N2O4/c1-23-13-16(22)11-18(8-9-20)10-15(21)12-19-7-6-14-4-2-3-5-17(14)19/h2-7,15-16,20-22H,8-13H2,1H3/t15-,16+/m0/s1. The van der Waals surface area contributed by atoms with E-state index in [2.05, 4.69) is 0 Å². The van der Waals surface area contributed by atoms with E-state index in [1.54, 1.807) is 0 Å². The molecule has 0 unspecified atom stereocenters. The van der Waals surface area contributed by atoms with Crippen LogP contribution in [0.2, 0.25) is 0 Å². The molecule has 0 bridgehead atoms. The Morgan fingerprint density at radius 1 is 1.13 bits per heavy atom. The van der Waals surface area contributed by atoms with Gasteiger partial charge in [-0.15, -0.1) is 0 Å². The molecule has 2 rings (SSSR count). The number of nitrogens with zero attached hydrogens (tertiary/aromatic N) is 2. The van der Waals surface area contributed by atoms with Gasteiger partial charge in [-0.25, -0.2) is 0 Å². The molecule has 6 heteroatoms. The van der Waals surface area contributed by atoms with Gasteiger partial charge in [-0.1, -0.05) is 18.2 Å². The van der Waals surface area contributed by atoms with Crippen LogP contribution in [0.25, 0.3) is 10.9 Å². The van der Waals surface area contributed by atoms with Crippen LogP contribution < -0.4 is 0 Å². The van der Waals surface area contributed by atoms with Crippen LogP contribution in [0.3, 0.4) is 0 Å². The van der Waals surface area contributed by atoms with Gasteiger partial charge in [0.15, 0.2) is 0 Å². The lowest BCUT2D eigenvalue weighted by Gasteiger charge is -2.26. The summed E-state index contributed by atoms with van der Waals surface area (Å²) in [6.07, 6.45) is 0.739. The fourth-order valence-corrected chi connectivity index (χ4v) is 2.82. The minimum atomic E-state index is -0.633. The molecular weight excluding hydrogens is 296 g/mol. The van der Waals surface area contributed by atoms with Crippen LogP contribution in [0.4, 0.5) is 0 Å². The highest BCUT2D eigenvalue weighted by molar-refractivity contribution is 5.79. The van der Waals surface area contributed by atoms with Crippen molar-refractivity contribution >= 4 is 10.9 Å². The third-order valence-corrected chi connectivity index (χ3v) is 3.80. The molecule has 0 radical (unpaired) electrons. The maximum atomic E-state index is 10.4. The van der Waals surface area contributed by atoms with E-state index in [0.717, 1.165) is 10.9 Å². The topological polar surface area (TPSA) is 78.1 Å². The second-order valence-electron chi connectivity index (χ2n) is 5.77. The predicted octanol–water partition coefficient (Wildman–Crippen LogP) is 0.304. The van der Waals surface area contributed by atoms with Crippen molar-refractivity contribution in [2.75, 3.05) is 40.0 Å². The van der Waals surface area contributed by atoms with E-state index in [4.69, 9.17) is 9.84 Å². The molecule has 0 aliphatic rings. The van der Waals surface area contributed by atoms with Gasteiger partial charge >= 0.3 is 0 Å². The monoisotopic (exact) mass is 322 g/mol. The molecule has 1 aromatic carbocycles. The van der Waals surface area contributed by atoms with Crippen LogP contribution in [-0.2, 0) is 11.3 Å². The third kappa shape index (κ3) is 5.30. The summed E-state index contributed by atoms with van der Waals surface area (Å²) in [6.45, 7) is 1.84. The van der Waals surface area contributed by atoms with Crippen molar-refractivity contribution < 1.29 is 20.1 Å². The number of hydrogen-bond donors (Lipinski definition) is 3. The summed E-state index contributed by atoms with van der Waals surface area (Å²) >= 11 is 0. The number of rotatable bonds is 10. The Bertz CT molecular complexity index is 587. The number of ether oxygens (including phenoxy) is 1. The van der Waals surface area contributed by atoms with Gasteiger partial charge in [0.1, 0.15) is 0 Å². The van der Waals surface area contributed by atoms with E-state index < -0.39 is 12.2 Å². The van der Waals surface area contributed by atoms with Crippen molar-refractivity contribution in [3.63, 3.8) is 0 Å². The average molecular weight is 322 g/mol. The van der Waals surface area contributed by atoms with Crippen LogP contribution in [0.15, 0.2) is 36.5 Å². The number of benzene rings is 1. The van der Waals surface area contributed by atoms with Crippen molar-refractivity contribution in [1.82, 2.24) is 9.47 Å². The number of hydrogen-bond acceptors (Lipinski definition) is 5. The first kappa shape index (κ1) is 17.9. The Kier molecular flexibility index (Phi) is 7.01. The maximum Gasteiger partial charge on any atom is 0.0900 e. The van der Waals surface area contributed by atoms with Gasteiger partial charge in [-0.2, -0.15) is 0 Å². The molecule has 3 N–H and O–H groups in total. The van der Waals surface area contributed by atoms with Crippen LogP contribution in [0, 0.1) is 0 Å². The Hall–Kier alpha value is -1.44. The fourth-order valence-electron chi connectivity index (χ4n) is 2.82. The highest BCUT2D eigenvalue weighted by atomic mass is 16.5. The van der Waals surface area contributed by atoms with E-state index in [0.29, 0.717) is 26.2 Å². The first-order valence-electron chi connectivity index (χ1n) is 7.86. The Labute approximate surface area is 136 Å². The smallest absolute Gasteiger partial charge is 0.0900 e. The average Bonchev–Trinajstić information content (AvgIpc) is 2.91. The Balaban J connectivity index is 1.94.